The third-order valence-corrected chi connectivity index (χ3v) is 1.75. The van der Waals surface area contributed by atoms with Gasteiger partial charge in [0.05, 0.1) is 0 Å². The van der Waals surface area contributed by atoms with E-state index in [1.165, 1.54) is 0 Å². The van der Waals surface area contributed by atoms with Crippen molar-refractivity contribution in [3.63, 3.8) is 0 Å². The van der Waals surface area contributed by atoms with Crippen molar-refractivity contribution in [3.05, 3.63) is 0 Å². The van der Waals surface area contributed by atoms with Gasteiger partial charge in [-0.1, -0.05) is 0 Å². The van der Waals surface area contributed by atoms with E-state index in [0.717, 1.165) is 19.5 Å². The summed E-state index contributed by atoms with van der Waals surface area (Å²) < 4.78 is 0. The van der Waals surface area contributed by atoms with Gasteiger partial charge in [-0.15, -0.1) is 0 Å². The Labute approximate surface area is 65.6 Å². The molecular formula is C7H12N2O2. The maximum Gasteiger partial charge on any atom is 0.286 e. The van der Waals surface area contributed by atoms with Crippen molar-refractivity contribution < 1.29 is 9.59 Å². The van der Waals surface area contributed by atoms with E-state index < -0.39 is 5.91 Å². The number of hydrogen-bond donors (Lipinski definition) is 1. The number of nitrogens with zero attached hydrogens (tertiary/aromatic N) is 1. The molecule has 4 heteroatoms. The molecule has 0 aromatic carbocycles. The lowest BCUT2D eigenvalue weighted by atomic mass is 10.4. The second-order valence-corrected chi connectivity index (χ2v) is 2.55. The van der Waals surface area contributed by atoms with E-state index in [4.69, 9.17) is 0 Å². The molecular weight excluding hydrogens is 144 g/mol. The molecule has 0 saturated carbocycles. The predicted octanol–water partition coefficient (Wildman–Crippen LogP) is -0.993. The van der Waals surface area contributed by atoms with Crippen LogP contribution in [0.15, 0.2) is 0 Å². The minimum absolute atomic E-state index is 0.380. The summed E-state index contributed by atoms with van der Waals surface area (Å²) in [5.74, 6) is -0.395. The first-order valence-corrected chi connectivity index (χ1v) is 3.79. The van der Waals surface area contributed by atoms with Crippen LogP contribution in [0.5, 0.6) is 0 Å². The lowest BCUT2D eigenvalue weighted by Crippen LogP contribution is -2.34. The largest absolute Gasteiger partial charge is 0.335 e. The van der Waals surface area contributed by atoms with Gasteiger partial charge in [-0.05, 0) is 13.0 Å². The van der Waals surface area contributed by atoms with Crippen molar-refractivity contribution in [2.24, 2.45) is 0 Å². The summed E-state index contributed by atoms with van der Waals surface area (Å²) in [5, 5.41) is 3.15. The zero-order valence-corrected chi connectivity index (χ0v) is 6.38. The monoisotopic (exact) mass is 156 g/mol. The SMILES string of the molecule is O=CC(=O)N1CCCNCC1. The molecule has 1 aliphatic heterocycles. The lowest BCUT2D eigenvalue weighted by Gasteiger charge is -2.15. The number of amides is 1. The molecule has 0 atom stereocenters. The Balaban J connectivity index is 2.42. The lowest BCUT2D eigenvalue weighted by molar-refractivity contribution is -0.138. The zero-order valence-electron chi connectivity index (χ0n) is 6.38. The Bertz CT molecular complexity index is 151. The third-order valence-electron chi connectivity index (χ3n) is 1.75. The van der Waals surface area contributed by atoms with E-state index in [9.17, 15) is 9.59 Å². The minimum atomic E-state index is -0.395. The van der Waals surface area contributed by atoms with E-state index in [-0.39, 0.29) is 0 Å². The fourth-order valence-corrected chi connectivity index (χ4v) is 1.14. The van der Waals surface area contributed by atoms with Gasteiger partial charge in [0.1, 0.15) is 0 Å². The first kappa shape index (κ1) is 8.20. The highest BCUT2D eigenvalue weighted by Gasteiger charge is 2.13. The predicted molar refractivity (Wildman–Crippen MR) is 40.1 cm³/mol. The topological polar surface area (TPSA) is 49.4 Å². The molecule has 0 aromatic rings. The molecule has 1 aliphatic rings. The quantitative estimate of drug-likeness (QED) is 0.391. The van der Waals surface area contributed by atoms with Gasteiger partial charge in [-0.25, -0.2) is 0 Å². The van der Waals surface area contributed by atoms with Crippen LogP contribution in [0.4, 0.5) is 0 Å². The van der Waals surface area contributed by atoms with Gasteiger partial charge in [0.15, 0.2) is 0 Å². The van der Waals surface area contributed by atoms with Crippen molar-refractivity contribution in [2.45, 2.75) is 6.42 Å². The van der Waals surface area contributed by atoms with Crippen LogP contribution in [0.25, 0.3) is 0 Å². The fraction of sp³-hybridized carbons (Fsp3) is 0.714. The van der Waals surface area contributed by atoms with E-state index in [2.05, 4.69) is 5.32 Å². The smallest absolute Gasteiger partial charge is 0.286 e. The van der Waals surface area contributed by atoms with Crippen LogP contribution in [-0.2, 0) is 9.59 Å². The summed E-state index contributed by atoms with van der Waals surface area (Å²) in [6.07, 6.45) is 1.31. The van der Waals surface area contributed by atoms with Gasteiger partial charge in [-0.2, -0.15) is 0 Å². The standard InChI is InChI=1S/C7H12N2O2/c10-6-7(11)9-4-1-2-8-3-5-9/h6,8H,1-5H2. The molecule has 4 nitrogen and oxygen atoms in total. The van der Waals surface area contributed by atoms with Crippen molar-refractivity contribution in [1.82, 2.24) is 10.2 Å². The van der Waals surface area contributed by atoms with Crippen LogP contribution in [-0.4, -0.2) is 43.3 Å². The number of aldehydes is 1. The minimum Gasteiger partial charge on any atom is -0.335 e. The molecule has 0 bridgehead atoms. The molecule has 0 aromatic heterocycles. The summed E-state index contributed by atoms with van der Waals surface area (Å²) in [6, 6.07) is 0. The first-order chi connectivity index (χ1) is 5.34. The van der Waals surface area contributed by atoms with E-state index in [1.807, 2.05) is 0 Å². The highest BCUT2D eigenvalue weighted by molar-refractivity contribution is 6.23. The van der Waals surface area contributed by atoms with Crippen molar-refractivity contribution in [2.75, 3.05) is 26.2 Å². The molecule has 1 saturated heterocycles. The Morgan fingerprint density at radius 3 is 2.91 bits per heavy atom. The van der Waals surface area contributed by atoms with Crippen LogP contribution in [0.1, 0.15) is 6.42 Å². The van der Waals surface area contributed by atoms with Crippen molar-refractivity contribution >= 4 is 12.2 Å². The number of rotatable bonds is 1. The van der Waals surface area contributed by atoms with Gasteiger partial charge in [-0.3, -0.25) is 9.59 Å². The second kappa shape index (κ2) is 4.08. The molecule has 0 spiro atoms. The second-order valence-electron chi connectivity index (χ2n) is 2.55. The molecule has 0 aliphatic carbocycles. The highest BCUT2D eigenvalue weighted by Crippen LogP contribution is 1.93. The normalized spacial score (nSPS) is 19.1. The zero-order chi connectivity index (χ0) is 8.10. The number of carbonyl (C=O) groups is 2. The summed E-state index contributed by atoms with van der Waals surface area (Å²) in [7, 11) is 0. The van der Waals surface area contributed by atoms with Crippen molar-refractivity contribution in [1.29, 1.82) is 0 Å². The van der Waals surface area contributed by atoms with Crippen LogP contribution in [0, 0.1) is 0 Å². The third kappa shape index (κ3) is 2.31. The molecule has 1 heterocycles. The average molecular weight is 156 g/mol. The molecule has 1 amide bonds. The van der Waals surface area contributed by atoms with Gasteiger partial charge in [0, 0.05) is 19.6 Å². The van der Waals surface area contributed by atoms with Gasteiger partial charge >= 0.3 is 0 Å². The molecule has 62 valence electrons. The maximum atomic E-state index is 10.8. The van der Waals surface area contributed by atoms with E-state index in [0.29, 0.717) is 19.4 Å². The Hall–Kier alpha value is -0.900. The van der Waals surface area contributed by atoms with Crippen molar-refractivity contribution in [3.8, 4) is 0 Å². The van der Waals surface area contributed by atoms with Crippen LogP contribution < -0.4 is 5.32 Å². The number of hydrogen-bond acceptors (Lipinski definition) is 3. The summed E-state index contributed by atoms with van der Waals surface area (Å²) in [5.41, 5.74) is 0. The van der Waals surface area contributed by atoms with Crippen LogP contribution in [0.3, 0.4) is 0 Å². The molecule has 1 fully saturated rings. The maximum absolute atomic E-state index is 10.8. The molecule has 0 radical (unpaired) electrons. The van der Waals surface area contributed by atoms with Gasteiger partial charge in [0.25, 0.3) is 5.91 Å². The molecule has 0 unspecified atom stereocenters. The number of nitrogens with one attached hydrogen (secondary N) is 1. The number of carbonyl (C=O) groups excluding carboxylic acids is 2. The molecule has 11 heavy (non-hydrogen) atoms. The Kier molecular flexibility index (Phi) is 3.04. The highest BCUT2D eigenvalue weighted by atomic mass is 16.2. The summed E-state index contributed by atoms with van der Waals surface area (Å²) in [6.45, 7) is 3.07. The average Bonchev–Trinajstić information content (AvgIpc) is 2.30. The van der Waals surface area contributed by atoms with Crippen LogP contribution in [0.2, 0.25) is 0 Å². The summed E-state index contributed by atoms with van der Waals surface area (Å²) >= 11 is 0. The fourth-order valence-electron chi connectivity index (χ4n) is 1.14. The van der Waals surface area contributed by atoms with Gasteiger partial charge < -0.3 is 10.2 Å². The van der Waals surface area contributed by atoms with E-state index >= 15 is 0 Å². The van der Waals surface area contributed by atoms with Gasteiger partial charge in [0.2, 0.25) is 6.29 Å². The Morgan fingerprint density at radius 2 is 2.18 bits per heavy atom. The van der Waals surface area contributed by atoms with E-state index in [1.54, 1.807) is 4.90 Å². The molecule has 1 rings (SSSR count). The first-order valence-electron chi connectivity index (χ1n) is 3.79. The molecule has 1 N–H and O–H groups in total. The summed E-state index contributed by atoms with van der Waals surface area (Å²) in [4.78, 5) is 22.5. The Morgan fingerprint density at radius 1 is 1.36 bits per heavy atom. The van der Waals surface area contributed by atoms with Crippen LogP contribution >= 0.6 is 0 Å².